The lowest BCUT2D eigenvalue weighted by atomic mass is 10.2. The third-order valence-corrected chi connectivity index (χ3v) is 2.65. The molecule has 0 spiro atoms. The molecule has 0 amide bonds. The van der Waals surface area contributed by atoms with Crippen LogP contribution in [0.2, 0.25) is 0 Å². The Bertz CT molecular complexity index is 507. The normalized spacial score (nSPS) is 12.5. The van der Waals surface area contributed by atoms with E-state index in [2.05, 4.69) is 16.9 Å². The smallest absolute Gasteiger partial charge is 0.128 e. The van der Waals surface area contributed by atoms with Gasteiger partial charge in [0.15, 0.2) is 0 Å². The summed E-state index contributed by atoms with van der Waals surface area (Å²) in [5.41, 5.74) is 1.03. The average molecular weight is 246 g/mol. The Morgan fingerprint density at radius 1 is 1.44 bits per heavy atom. The van der Waals surface area contributed by atoms with Crippen LogP contribution in [0.5, 0.6) is 5.75 Å². The SMILES string of the molecule is C=CCNCC(O)COc1cccc2[nH]ccc12. The second kappa shape index (κ2) is 6.23. The van der Waals surface area contributed by atoms with E-state index in [0.29, 0.717) is 13.1 Å². The molecule has 0 aliphatic heterocycles. The van der Waals surface area contributed by atoms with Gasteiger partial charge in [-0.15, -0.1) is 6.58 Å². The number of aliphatic hydroxyl groups is 1. The van der Waals surface area contributed by atoms with Crippen molar-refractivity contribution in [1.29, 1.82) is 0 Å². The van der Waals surface area contributed by atoms with E-state index in [0.717, 1.165) is 16.7 Å². The Hall–Kier alpha value is -1.78. The van der Waals surface area contributed by atoms with Crippen molar-refractivity contribution in [2.24, 2.45) is 0 Å². The third-order valence-electron chi connectivity index (χ3n) is 2.65. The number of fused-ring (bicyclic) bond motifs is 1. The van der Waals surface area contributed by atoms with Gasteiger partial charge in [-0.25, -0.2) is 0 Å². The fraction of sp³-hybridized carbons (Fsp3) is 0.286. The van der Waals surface area contributed by atoms with Crippen LogP contribution in [0.25, 0.3) is 10.9 Å². The minimum atomic E-state index is -0.529. The van der Waals surface area contributed by atoms with Gasteiger partial charge >= 0.3 is 0 Å². The lowest BCUT2D eigenvalue weighted by Crippen LogP contribution is -2.31. The highest BCUT2D eigenvalue weighted by atomic mass is 16.5. The zero-order chi connectivity index (χ0) is 12.8. The number of ether oxygens (including phenoxy) is 1. The van der Waals surface area contributed by atoms with Gasteiger partial charge in [-0.1, -0.05) is 12.1 Å². The van der Waals surface area contributed by atoms with E-state index in [9.17, 15) is 5.11 Å². The predicted molar refractivity (Wildman–Crippen MR) is 72.9 cm³/mol. The van der Waals surface area contributed by atoms with Crippen LogP contribution in [-0.2, 0) is 0 Å². The molecule has 0 bridgehead atoms. The zero-order valence-corrected chi connectivity index (χ0v) is 10.2. The summed E-state index contributed by atoms with van der Waals surface area (Å²) in [7, 11) is 0. The first-order valence-electron chi connectivity index (χ1n) is 6.00. The lowest BCUT2D eigenvalue weighted by Gasteiger charge is -2.13. The standard InChI is InChI=1S/C14H18N2O2/c1-2-7-15-9-11(17)10-18-14-5-3-4-13-12(14)6-8-16-13/h2-6,8,11,15-17H,1,7,9-10H2. The van der Waals surface area contributed by atoms with Crippen molar-refractivity contribution >= 4 is 10.9 Å². The first-order chi connectivity index (χ1) is 8.81. The molecule has 0 saturated carbocycles. The van der Waals surface area contributed by atoms with Crippen LogP contribution in [0, 0.1) is 0 Å². The van der Waals surface area contributed by atoms with Crippen LogP contribution in [-0.4, -0.2) is 35.9 Å². The monoisotopic (exact) mass is 246 g/mol. The maximum Gasteiger partial charge on any atom is 0.128 e. The van der Waals surface area contributed by atoms with Gasteiger partial charge in [0.05, 0.1) is 0 Å². The molecule has 1 atom stereocenters. The molecular weight excluding hydrogens is 228 g/mol. The van der Waals surface area contributed by atoms with Crippen molar-refractivity contribution in [3.05, 3.63) is 43.1 Å². The lowest BCUT2D eigenvalue weighted by molar-refractivity contribution is 0.108. The van der Waals surface area contributed by atoms with Gasteiger partial charge in [-0.2, -0.15) is 0 Å². The minimum Gasteiger partial charge on any atom is -0.490 e. The number of hydrogen-bond donors (Lipinski definition) is 3. The topological polar surface area (TPSA) is 57.3 Å². The van der Waals surface area contributed by atoms with Crippen LogP contribution in [0.15, 0.2) is 43.1 Å². The molecule has 96 valence electrons. The number of hydrogen-bond acceptors (Lipinski definition) is 3. The van der Waals surface area contributed by atoms with Crippen molar-refractivity contribution in [3.63, 3.8) is 0 Å². The summed E-state index contributed by atoms with van der Waals surface area (Å²) in [6, 6.07) is 7.79. The van der Waals surface area contributed by atoms with Crippen molar-refractivity contribution in [2.45, 2.75) is 6.10 Å². The van der Waals surface area contributed by atoms with Crippen molar-refractivity contribution < 1.29 is 9.84 Å². The van der Waals surface area contributed by atoms with E-state index in [1.807, 2.05) is 30.5 Å². The van der Waals surface area contributed by atoms with Gasteiger partial charge < -0.3 is 20.1 Å². The fourth-order valence-electron chi connectivity index (χ4n) is 1.78. The summed E-state index contributed by atoms with van der Waals surface area (Å²) in [5.74, 6) is 0.788. The third kappa shape index (κ3) is 3.12. The van der Waals surface area contributed by atoms with Crippen LogP contribution >= 0.6 is 0 Å². The van der Waals surface area contributed by atoms with Gasteiger partial charge in [0.25, 0.3) is 0 Å². The summed E-state index contributed by atoms with van der Waals surface area (Å²) < 4.78 is 5.63. The molecule has 0 saturated heterocycles. The van der Waals surface area contributed by atoms with Crippen LogP contribution in [0.1, 0.15) is 0 Å². The number of aromatic nitrogens is 1. The van der Waals surface area contributed by atoms with E-state index >= 15 is 0 Å². The number of benzene rings is 1. The largest absolute Gasteiger partial charge is 0.490 e. The van der Waals surface area contributed by atoms with E-state index in [4.69, 9.17) is 4.74 Å². The molecule has 3 N–H and O–H groups in total. The maximum absolute atomic E-state index is 9.73. The molecule has 0 aliphatic rings. The molecule has 0 radical (unpaired) electrons. The first-order valence-corrected chi connectivity index (χ1v) is 6.00. The summed E-state index contributed by atoms with van der Waals surface area (Å²) in [5, 5.41) is 13.8. The Labute approximate surface area is 106 Å². The maximum atomic E-state index is 9.73. The number of rotatable bonds is 7. The summed E-state index contributed by atoms with van der Waals surface area (Å²) in [4.78, 5) is 3.12. The Balaban J connectivity index is 1.89. The molecule has 1 aromatic heterocycles. The number of aliphatic hydroxyl groups excluding tert-OH is 1. The van der Waals surface area contributed by atoms with Gasteiger partial charge in [0.1, 0.15) is 18.5 Å². The van der Waals surface area contributed by atoms with E-state index in [1.165, 1.54) is 0 Å². The van der Waals surface area contributed by atoms with E-state index < -0.39 is 6.10 Å². The molecule has 2 aromatic rings. The second-order valence-corrected chi connectivity index (χ2v) is 4.11. The molecule has 1 heterocycles. The fourth-order valence-corrected chi connectivity index (χ4v) is 1.78. The number of nitrogens with one attached hydrogen (secondary N) is 2. The molecule has 18 heavy (non-hydrogen) atoms. The van der Waals surface area contributed by atoms with Crippen LogP contribution in [0.3, 0.4) is 0 Å². The van der Waals surface area contributed by atoms with Crippen molar-refractivity contribution in [3.8, 4) is 5.75 Å². The molecular formula is C14H18N2O2. The molecule has 2 rings (SSSR count). The molecule has 1 aromatic carbocycles. The Morgan fingerprint density at radius 3 is 3.17 bits per heavy atom. The second-order valence-electron chi connectivity index (χ2n) is 4.11. The summed E-state index contributed by atoms with van der Waals surface area (Å²) in [6.45, 7) is 5.05. The molecule has 4 nitrogen and oxygen atoms in total. The molecule has 4 heteroatoms. The van der Waals surface area contributed by atoms with Crippen molar-refractivity contribution in [1.82, 2.24) is 10.3 Å². The first kappa shape index (κ1) is 12.7. The van der Waals surface area contributed by atoms with Gasteiger partial charge in [0.2, 0.25) is 0 Å². The molecule has 0 fully saturated rings. The quantitative estimate of drug-likeness (QED) is 0.514. The Morgan fingerprint density at radius 2 is 2.33 bits per heavy atom. The Kier molecular flexibility index (Phi) is 4.39. The highest BCUT2D eigenvalue weighted by Gasteiger charge is 2.07. The molecule has 0 aliphatic carbocycles. The van der Waals surface area contributed by atoms with Crippen LogP contribution < -0.4 is 10.1 Å². The van der Waals surface area contributed by atoms with E-state index in [1.54, 1.807) is 6.08 Å². The molecule has 1 unspecified atom stereocenters. The van der Waals surface area contributed by atoms with Gasteiger partial charge in [0, 0.05) is 30.2 Å². The van der Waals surface area contributed by atoms with Crippen LogP contribution in [0.4, 0.5) is 0 Å². The predicted octanol–water partition coefficient (Wildman–Crippen LogP) is 1.68. The number of aromatic amines is 1. The zero-order valence-electron chi connectivity index (χ0n) is 10.2. The van der Waals surface area contributed by atoms with Crippen molar-refractivity contribution in [2.75, 3.05) is 19.7 Å². The van der Waals surface area contributed by atoms with E-state index in [-0.39, 0.29) is 6.61 Å². The van der Waals surface area contributed by atoms with Gasteiger partial charge in [-0.3, -0.25) is 0 Å². The summed E-state index contributed by atoms with van der Waals surface area (Å²) >= 11 is 0. The summed E-state index contributed by atoms with van der Waals surface area (Å²) in [6.07, 6.45) is 3.10. The minimum absolute atomic E-state index is 0.272. The highest BCUT2D eigenvalue weighted by Crippen LogP contribution is 2.24. The number of H-pyrrole nitrogens is 1. The average Bonchev–Trinajstić information content (AvgIpc) is 2.85. The van der Waals surface area contributed by atoms with Gasteiger partial charge in [-0.05, 0) is 18.2 Å². The highest BCUT2D eigenvalue weighted by molar-refractivity contribution is 5.85.